The van der Waals surface area contributed by atoms with Gasteiger partial charge in [0.25, 0.3) is 5.91 Å². The number of carbonyl (C=O) groups is 1. The number of carbonyl (C=O) groups excluding carboxylic acids is 1. The van der Waals surface area contributed by atoms with Gasteiger partial charge in [-0.3, -0.25) is 4.79 Å². The fourth-order valence-electron chi connectivity index (χ4n) is 1.12. The molecule has 1 atom stereocenters. The molecule has 0 radical (unpaired) electrons. The van der Waals surface area contributed by atoms with E-state index in [2.05, 4.69) is 15.9 Å². The fourth-order valence-corrected chi connectivity index (χ4v) is 1.54. The molecule has 0 aliphatic carbocycles. The number of benzene rings is 1. The molecule has 1 unspecified atom stereocenters. The molecule has 1 amide bonds. The lowest BCUT2D eigenvalue weighted by Gasteiger charge is -2.15. The number of amides is 1. The van der Waals surface area contributed by atoms with Gasteiger partial charge in [0.15, 0.2) is 6.10 Å². The summed E-state index contributed by atoms with van der Waals surface area (Å²) in [5.74, 6) is -0.752. The molecule has 4 nitrogen and oxygen atoms in total. The third-order valence-corrected chi connectivity index (χ3v) is 2.76. The first-order valence-corrected chi connectivity index (χ1v) is 5.59. The van der Waals surface area contributed by atoms with Gasteiger partial charge in [0.05, 0.1) is 12.1 Å². The number of aliphatic hydroxyl groups excluding tert-OH is 1. The highest BCUT2D eigenvalue weighted by Crippen LogP contribution is 2.21. The second-order valence-corrected chi connectivity index (χ2v) is 4.36. The van der Waals surface area contributed by atoms with Crippen LogP contribution in [0.1, 0.15) is 10.4 Å². The summed E-state index contributed by atoms with van der Waals surface area (Å²) in [7, 11) is 0. The van der Waals surface area contributed by atoms with Crippen molar-refractivity contribution < 1.29 is 23.1 Å². The molecular weight excluding hydrogens is 317 g/mol. The lowest BCUT2D eigenvalue weighted by Crippen LogP contribution is -2.40. The van der Waals surface area contributed by atoms with E-state index in [0.717, 1.165) is 0 Å². The number of anilines is 1. The topological polar surface area (TPSA) is 75.4 Å². The first-order chi connectivity index (χ1) is 8.21. The number of nitrogens with one attached hydrogen (secondary N) is 1. The second-order valence-electron chi connectivity index (χ2n) is 3.51. The van der Waals surface area contributed by atoms with E-state index in [1.54, 1.807) is 0 Å². The van der Waals surface area contributed by atoms with Crippen molar-refractivity contribution in [2.75, 3.05) is 12.3 Å². The normalized spacial score (nSPS) is 13.2. The molecule has 1 rings (SSSR count). The minimum Gasteiger partial charge on any atom is -0.399 e. The van der Waals surface area contributed by atoms with E-state index in [-0.39, 0.29) is 5.56 Å². The maximum Gasteiger partial charge on any atom is 0.416 e. The summed E-state index contributed by atoms with van der Waals surface area (Å²) in [6.07, 6.45) is -7.36. The Kier molecular flexibility index (Phi) is 4.58. The van der Waals surface area contributed by atoms with E-state index < -0.39 is 24.7 Å². The molecule has 0 aliphatic rings. The predicted octanol–water partition coefficient (Wildman–Crippen LogP) is 1.68. The second kappa shape index (κ2) is 5.57. The number of hydrogen-bond acceptors (Lipinski definition) is 3. The van der Waals surface area contributed by atoms with Gasteiger partial charge in [0, 0.05) is 10.2 Å². The van der Waals surface area contributed by atoms with Crippen molar-refractivity contribution in [1.29, 1.82) is 0 Å². The van der Waals surface area contributed by atoms with Crippen LogP contribution in [0.25, 0.3) is 0 Å². The molecule has 0 fully saturated rings. The van der Waals surface area contributed by atoms with Crippen LogP contribution < -0.4 is 11.1 Å². The summed E-state index contributed by atoms with van der Waals surface area (Å²) < 4.78 is 36.4. The van der Waals surface area contributed by atoms with Crippen LogP contribution in [-0.2, 0) is 0 Å². The quantitative estimate of drug-likeness (QED) is 0.740. The summed E-state index contributed by atoms with van der Waals surface area (Å²) >= 11 is 3.08. The fraction of sp³-hybridized carbons (Fsp3) is 0.300. The van der Waals surface area contributed by atoms with Gasteiger partial charge in [-0.25, -0.2) is 0 Å². The molecule has 4 N–H and O–H groups in total. The van der Waals surface area contributed by atoms with Crippen LogP contribution in [0.5, 0.6) is 0 Å². The van der Waals surface area contributed by atoms with E-state index in [9.17, 15) is 18.0 Å². The maximum atomic E-state index is 12.0. The molecule has 0 saturated carbocycles. The number of rotatable bonds is 3. The Hall–Kier alpha value is -1.28. The Bertz CT molecular complexity index is 451. The van der Waals surface area contributed by atoms with Crippen molar-refractivity contribution in [1.82, 2.24) is 5.32 Å². The van der Waals surface area contributed by atoms with Crippen molar-refractivity contribution in [3.8, 4) is 0 Å². The van der Waals surface area contributed by atoms with E-state index in [1.165, 1.54) is 18.2 Å². The van der Waals surface area contributed by atoms with Crippen molar-refractivity contribution in [2.45, 2.75) is 12.3 Å². The lowest BCUT2D eigenvalue weighted by molar-refractivity contribution is -0.201. The predicted molar refractivity (Wildman–Crippen MR) is 62.9 cm³/mol. The number of nitrogens with two attached hydrogens (primary N) is 1. The SMILES string of the molecule is Nc1ccc(Br)c(C(=O)NCC(O)C(F)(F)F)c1. The van der Waals surface area contributed by atoms with Crippen LogP contribution in [0.15, 0.2) is 22.7 Å². The minimum absolute atomic E-state index is 0.101. The van der Waals surface area contributed by atoms with Gasteiger partial charge < -0.3 is 16.2 Å². The summed E-state index contributed by atoms with van der Waals surface area (Å²) in [5.41, 5.74) is 5.87. The van der Waals surface area contributed by atoms with Gasteiger partial charge in [-0.2, -0.15) is 13.2 Å². The zero-order chi connectivity index (χ0) is 13.9. The zero-order valence-electron chi connectivity index (χ0n) is 8.96. The van der Waals surface area contributed by atoms with Crippen molar-refractivity contribution >= 4 is 27.5 Å². The zero-order valence-corrected chi connectivity index (χ0v) is 10.5. The van der Waals surface area contributed by atoms with Crippen LogP contribution in [0.2, 0.25) is 0 Å². The van der Waals surface area contributed by atoms with Crippen LogP contribution in [0.3, 0.4) is 0 Å². The molecular formula is C10H10BrF3N2O2. The molecule has 100 valence electrons. The molecule has 0 aromatic heterocycles. The maximum absolute atomic E-state index is 12.0. The van der Waals surface area contributed by atoms with Gasteiger partial charge in [-0.05, 0) is 34.1 Å². The van der Waals surface area contributed by atoms with Gasteiger partial charge in [-0.1, -0.05) is 0 Å². The Morgan fingerprint density at radius 1 is 1.50 bits per heavy atom. The molecule has 0 saturated heterocycles. The van der Waals surface area contributed by atoms with Crippen LogP contribution in [0, 0.1) is 0 Å². The summed E-state index contributed by atoms with van der Waals surface area (Å²) in [5, 5.41) is 10.7. The van der Waals surface area contributed by atoms with Crippen LogP contribution >= 0.6 is 15.9 Å². The first kappa shape index (κ1) is 14.8. The van der Waals surface area contributed by atoms with Crippen molar-refractivity contribution in [3.05, 3.63) is 28.2 Å². The lowest BCUT2D eigenvalue weighted by atomic mass is 10.2. The highest BCUT2D eigenvalue weighted by atomic mass is 79.9. The highest BCUT2D eigenvalue weighted by molar-refractivity contribution is 9.10. The van der Waals surface area contributed by atoms with Gasteiger partial charge in [-0.15, -0.1) is 0 Å². The standard InChI is InChI=1S/C10H10BrF3N2O2/c11-7-2-1-5(15)3-6(7)9(18)16-4-8(17)10(12,13)14/h1-3,8,17H,4,15H2,(H,16,18). The Labute approximate surface area is 109 Å². The molecule has 0 bridgehead atoms. The minimum atomic E-state index is -4.76. The molecule has 0 spiro atoms. The number of halogens is 4. The number of alkyl halides is 3. The molecule has 1 aromatic carbocycles. The number of nitrogen functional groups attached to an aromatic ring is 1. The third kappa shape index (κ3) is 3.88. The van der Waals surface area contributed by atoms with Crippen molar-refractivity contribution in [3.63, 3.8) is 0 Å². The molecule has 0 heterocycles. The van der Waals surface area contributed by atoms with Crippen LogP contribution in [0.4, 0.5) is 18.9 Å². The molecule has 8 heteroatoms. The van der Waals surface area contributed by atoms with E-state index in [4.69, 9.17) is 10.8 Å². The van der Waals surface area contributed by atoms with Gasteiger partial charge >= 0.3 is 6.18 Å². The number of hydrogen-bond donors (Lipinski definition) is 3. The molecule has 1 aromatic rings. The average molecular weight is 327 g/mol. The van der Waals surface area contributed by atoms with Gasteiger partial charge in [0.1, 0.15) is 0 Å². The molecule has 18 heavy (non-hydrogen) atoms. The smallest absolute Gasteiger partial charge is 0.399 e. The Morgan fingerprint density at radius 2 is 2.11 bits per heavy atom. The third-order valence-electron chi connectivity index (χ3n) is 2.07. The van der Waals surface area contributed by atoms with E-state index in [0.29, 0.717) is 10.2 Å². The average Bonchev–Trinajstić information content (AvgIpc) is 2.27. The molecule has 0 aliphatic heterocycles. The van der Waals surface area contributed by atoms with Crippen molar-refractivity contribution in [2.24, 2.45) is 0 Å². The number of aliphatic hydroxyl groups is 1. The Balaban J connectivity index is 2.69. The monoisotopic (exact) mass is 326 g/mol. The summed E-state index contributed by atoms with van der Waals surface area (Å²) in [4.78, 5) is 11.6. The van der Waals surface area contributed by atoms with E-state index >= 15 is 0 Å². The highest BCUT2D eigenvalue weighted by Gasteiger charge is 2.38. The summed E-state index contributed by atoms with van der Waals surface area (Å²) in [6, 6.07) is 4.36. The van der Waals surface area contributed by atoms with Gasteiger partial charge in [0.2, 0.25) is 0 Å². The van der Waals surface area contributed by atoms with Crippen LogP contribution in [-0.4, -0.2) is 29.8 Å². The Morgan fingerprint density at radius 3 is 2.67 bits per heavy atom. The summed E-state index contributed by atoms with van der Waals surface area (Å²) in [6.45, 7) is -0.913. The first-order valence-electron chi connectivity index (χ1n) is 4.80. The largest absolute Gasteiger partial charge is 0.416 e. The van der Waals surface area contributed by atoms with E-state index in [1.807, 2.05) is 5.32 Å².